The first-order valence-electron chi connectivity index (χ1n) is 11.9. The predicted octanol–water partition coefficient (Wildman–Crippen LogP) is 7.10. The van der Waals surface area contributed by atoms with Crippen molar-refractivity contribution in [1.29, 1.82) is 0 Å². The number of halogens is 2. The van der Waals surface area contributed by atoms with Crippen LogP contribution in [0.5, 0.6) is 0 Å². The fraction of sp³-hybridized carbons (Fsp3) is 0.133. The quantitative estimate of drug-likeness (QED) is 0.266. The van der Waals surface area contributed by atoms with Crippen molar-refractivity contribution < 1.29 is 12.2 Å². The molecule has 0 bridgehead atoms. The molecule has 0 heterocycles. The number of hydrogen-bond donors (Lipinski definition) is 1. The van der Waals surface area contributed by atoms with Gasteiger partial charge in [0.05, 0.1) is 0 Å². The Morgan fingerprint density at radius 2 is 1.23 bits per heavy atom. The van der Waals surface area contributed by atoms with E-state index >= 15 is 0 Å². The van der Waals surface area contributed by atoms with Crippen LogP contribution in [0.25, 0.3) is 11.3 Å². The first-order chi connectivity index (χ1) is 16.6. The Morgan fingerprint density at radius 1 is 0.714 bits per heavy atom. The third kappa shape index (κ3) is 3.98. The summed E-state index contributed by atoms with van der Waals surface area (Å²) in [5.41, 5.74) is 6.55. The van der Waals surface area contributed by atoms with Crippen LogP contribution in [0.4, 0.5) is 0 Å². The summed E-state index contributed by atoms with van der Waals surface area (Å²) in [4.78, 5) is 2.16. The van der Waals surface area contributed by atoms with Crippen LogP contribution in [0.2, 0.25) is 0 Å². The van der Waals surface area contributed by atoms with E-state index in [1.54, 1.807) is 0 Å². The molecule has 2 N–H and O–H groups in total. The van der Waals surface area contributed by atoms with Gasteiger partial charge in [-0.25, -0.2) is 0 Å². The molecule has 0 saturated heterocycles. The molecule has 0 radical (unpaired) electrons. The standard InChI is InChI=1S/C17H16N.C7H7.C6H5.2ClH.H2N.Ti/c1-18(2)17-15-11-7-6-10-14(15)12-16(17)13-8-4-3-5-9-13;1-7-5-3-2-4-6-7;1-2-4-6-5-3-1;;;;/h3-12H,1-2H3;2-6H,1H2;1-5H;2*1H;1H2;/q;;;;;-1;+3/p-2. The van der Waals surface area contributed by atoms with E-state index in [2.05, 4.69) is 79.7 Å². The summed E-state index contributed by atoms with van der Waals surface area (Å²) >= 11 is -5.78. The van der Waals surface area contributed by atoms with E-state index < -0.39 is 12.2 Å². The zero-order valence-corrected chi connectivity index (χ0v) is 23.1. The van der Waals surface area contributed by atoms with Gasteiger partial charge < -0.3 is 0 Å². The van der Waals surface area contributed by atoms with Crippen LogP contribution in [-0.4, -0.2) is 19.0 Å². The number of hydrogen-bond acceptors (Lipinski definition) is 2. The van der Waals surface area contributed by atoms with Crippen molar-refractivity contribution in [3.63, 3.8) is 0 Å². The summed E-state index contributed by atoms with van der Waals surface area (Å²) in [6.45, 7) is 0. The molecule has 0 aromatic heterocycles. The Hall–Kier alpha value is -2.33. The molecule has 4 aromatic rings. The average Bonchev–Trinajstić information content (AvgIpc) is 3.23. The zero-order chi connectivity index (χ0) is 24.7. The van der Waals surface area contributed by atoms with Crippen molar-refractivity contribution in [2.75, 3.05) is 14.1 Å². The van der Waals surface area contributed by atoms with E-state index in [1.165, 1.54) is 0 Å². The Balaban J connectivity index is 1.92. The van der Waals surface area contributed by atoms with Gasteiger partial charge in [-0.2, -0.15) is 0 Å². The van der Waals surface area contributed by atoms with E-state index in [-0.39, 0.29) is 4.22 Å². The Labute approximate surface area is 214 Å². The molecule has 1 unspecified atom stereocenters. The van der Waals surface area contributed by atoms with E-state index in [4.69, 9.17) is 22.8 Å². The van der Waals surface area contributed by atoms with Crippen molar-refractivity contribution in [3.8, 4) is 0 Å². The van der Waals surface area contributed by atoms with E-state index in [1.807, 2.05) is 54.6 Å². The van der Waals surface area contributed by atoms with E-state index in [0.29, 0.717) is 4.73 Å². The minimum absolute atomic E-state index is 0.378. The second-order valence-electron chi connectivity index (χ2n) is 10.1. The van der Waals surface area contributed by atoms with Gasteiger partial charge in [-0.15, -0.1) is 0 Å². The van der Waals surface area contributed by atoms with Crippen molar-refractivity contribution in [3.05, 3.63) is 138 Å². The van der Waals surface area contributed by atoms with Crippen molar-refractivity contribution in [1.82, 2.24) is 4.90 Å². The average molecular weight is 537 g/mol. The Morgan fingerprint density at radius 3 is 1.83 bits per heavy atom. The number of allylic oxidation sites excluding steroid dienone is 1. The Kier molecular flexibility index (Phi) is 5.83. The summed E-state index contributed by atoms with van der Waals surface area (Å²) in [5.74, 6) is 0. The van der Waals surface area contributed by atoms with Gasteiger partial charge in [-0.1, -0.05) is 0 Å². The van der Waals surface area contributed by atoms with Gasteiger partial charge in [0.15, 0.2) is 0 Å². The molecule has 0 fully saturated rings. The molecule has 4 aromatic carbocycles. The molecular formula is C30H30Cl2N2Ti. The monoisotopic (exact) mass is 536 g/mol. The van der Waals surface area contributed by atoms with Crippen molar-refractivity contribution in [2.45, 2.75) is 8.95 Å². The number of nitrogens with two attached hydrogens (primary N) is 1. The first-order valence-corrected chi connectivity index (χ1v) is 19.9. The second kappa shape index (κ2) is 8.37. The molecule has 35 heavy (non-hydrogen) atoms. The normalized spacial score (nSPS) is 17.5. The number of nitrogens with zero attached hydrogens (tertiary/aromatic N) is 1. The predicted molar refractivity (Wildman–Crippen MR) is 148 cm³/mol. The van der Waals surface area contributed by atoms with E-state index in [0.717, 1.165) is 37.4 Å². The van der Waals surface area contributed by atoms with Gasteiger partial charge in [0.25, 0.3) is 0 Å². The molecule has 0 spiro atoms. The topological polar surface area (TPSA) is 29.3 Å². The van der Waals surface area contributed by atoms with Crippen molar-refractivity contribution in [2.24, 2.45) is 4.22 Å². The summed E-state index contributed by atoms with van der Waals surface area (Å²) in [5, 5.41) is 0. The van der Waals surface area contributed by atoms with Crippen LogP contribution in [0, 0.1) is 0 Å². The molecule has 1 atom stereocenters. The molecule has 0 amide bonds. The number of benzene rings is 4. The van der Waals surface area contributed by atoms with Crippen LogP contribution in [0.1, 0.15) is 26.5 Å². The summed E-state index contributed by atoms with van der Waals surface area (Å²) in [7, 11) is 20.4. The molecule has 178 valence electrons. The second-order valence-corrected chi connectivity index (χ2v) is 28.4. The molecule has 5 rings (SSSR count). The van der Waals surface area contributed by atoms with Crippen LogP contribution in [0.3, 0.4) is 0 Å². The third-order valence-corrected chi connectivity index (χ3v) is 20.1. The molecule has 0 aliphatic heterocycles. The van der Waals surface area contributed by atoms with Crippen LogP contribution in [0.15, 0.2) is 115 Å². The fourth-order valence-corrected chi connectivity index (χ4v) is 18.1. The van der Waals surface area contributed by atoms with Gasteiger partial charge in [0, 0.05) is 0 Å². The van der Waals surface area contributed by atoms with Crippen molar-refractivity contribution >= 4 is 33.7 Å². The SMILES string of the molecule is CN(C)C1=C(c2ccccc2)[CH]([Ti]([NH2])([Cl])([Cl])([CH2]c2ccccc2)[c]2ccccc2)c2ccccc21. The van der Waals surface area contributed by atoms with Crippen LogP contribution < -0.4 is 8.08 Å². The number of fused-ring (bicyclic) bond motifs is 1. The summed E-state index contributed by atoms with van der Waals surface area (Å²) in [6.07, 6.45) is 0. The van der Waals surface area contributed by atoms with Gasteiger partial charge in [-0.05, 0) is 0 Å². The van der Waals surface area contributed by atoms with Crippen LogP contribution >= 0.6 is 18.6 Å². The van der Waals surface area contributed by atoms with Gasteiger partial charge in [0.1, 0.15) is 0 Å². The minimum atomic E-state index is -5.78. The molecule has 1 aliphatic rings. The molecule has 0 saturated carbocycles. The molecule has 2 nitrogen and oxygen atoms in total. The number of rotatable bonds is 6. The maximum absolute atomic E-state index is 8.14. The Bertz CT molecular complexity index is 1410. The molecular weight excluding hydrogens is 507 g/mol. The van der Waals surface area contributed by atoms with E-state index in [9.17, 15) is 0 Å². The zero-order valence-electron chi connectivity index (χ0n) is 20.0. The molecule has 5 heteroatoms. The summed E-state index contributed by atoms with van der Waals surface area (Å²) < 4.78 is 8.67. The summed E-state index contributed by atoms with van der Waals surface area (Å²) in [6, 6.07) is 39.0. The maximum atomic E-state index is 8.14. The van der Waals surface area contributed by atoms with Gasteiger partial charge >= 0.3 is 216 Å². The first kappa shape index (κ1) is 24.4. The van der Waals surface area contributed by atoms with Gasteiger partial charge in [-0.3, -0.25) is 0 Å². The van der Waals surface area contributed by atoms with Crippen LogP contribution in [-0.2, 0) is 16.9 Å². The van der Waals surface area contributed by atoms with Gasteiger partial charge in [0.2, 0.25) is 0 Å². The third-order valence-electron chi connectivity index (χ3n) is 7.34. The molecule has 1 aliphatic carbocycles. The fourth-order valence-electron chi connectivity index (χ4n) is 5.90.